The lowest BCUT2D eigenvalue weighted by Gasteiger charge is -2.15. The second-order valence-corrected chi connectivity index (χ2v) is 5.05. The molecule has 2 aromatic rings. The highest BCUT2D eigenvalue weighted by Crippen LogP contribution is 2.35. The molecule has 0 bridgehead atoms. The molecule has 21 heavy (non-hydrogen) atoms. The number of hydrogen-bond donors (Lipinski definition) is 1. The number of pyridine rings is 1. The number of nitrogens with zero attached hydrogens (tertiary/aromatic N) is 1. The highest BCUT2D eigenvalue weighted by Gasteiger charge is 2.33. The molecule has 2 nitrogen and oxygen atoms in total. The van der Waals surface area contributed by atoms with Gasteiger partial charge < -0.3 is 5.32 Å². The van der Waals surface area contributed by atoms with Crippen molar-refractivity contribution in [3.63, 3.8) is 0 Å². The Morgan fingerprint density at radius 3 is 2.52 bits per heavy atom. The second kappa shape index (κ2) is 6.33. The number of halogens is 3. The number of hydrogen-bond acceptors (Lipinski definition) is 2. The molecule has 114 valence electrons. The minimum Gasteiger partial charge on any atom is -0.370 e. The summed E-state index contributed by atoms with van der Waals surface area (Å²) in [5.74, 6) is 0.572. The predicted octanol–water partition coefficient (Wildman–Crippen LogP) is 5.03. The van der Waals surface area contributed by atoms with Crippen molar-refractivity contribution in [1.82, 2.24) is 4.98 Å². The SMILES string of the molecule is CCCNc1nc2c(C(F)(F)F)cccc2cc1CCC. The first-order valence-corrected chi connectivity index (χ1v) is 7.21. The van der Waals surface area contributed by atoms with Gasteiger partial charge in [0.15, 0.2) is 0 Å². The first-order chi connectivity index (χ1) is 9.97. The summed E-state index contributed by atoms with van der Waals surface area (Å²) in [4.78, 5) is 4.27. The van der Waals surface area contributed by atoms with Crippen LogP contribution in [0.4, 0.5) is 19.0 Å². The molecule has 0 saturated heterocycles. The summed E-state index contributed by atoms with van der Waals surface area (Å²) in [5.41, 5.74) is 0.309. The van der Waals surface area contributed by atoms with Gasteiger partial charge in [0.25, 0.3) is 0 Å². The van der Waals surface area contributed by atoms with Gasteiger partial charge in [-0.2, -0.15) is 13.2 Å². The molecule has 2 rings (SSSR count). The molecule has 1 N–H and O–H groups in total. The lowest BCUT2D eigenvalue weighted by Crippen LogP contribution is -2.10. The third-order valence-electron chi connectivity index (χ3n) is 3.29. The maximum absolute atomic E-state index is 13.1. The maximum Gasteiger partial charge on any atom is 0.418 e. The van der Waals surface area contributed by atoms with Gasteiger partial charge in [0.2, 0.25) is 0 Å². The van der Waals surface area contributed by atoms with Crippen LogP contribution in [0.3, 0.4) is 0 Å². The highest BCUT2D eigenvalue weighted by atomic mass is 19.4. The normalized spacial score (nSPS) is 11.9. The molecule has 0 fully saturated rings. The topological polar surface area (TPSA) is 24.9 Å². The van der Waals surface area contributed by atoms with E-state index in [2.05, 4.69) is 10.3 Å². The van der Waals surface area contributed by atoms with Crippen LogP contribution in [0.25, 0.3) is 10.9 Å². The standard InChI is InChI=1S/C16H19F3N2/c1-3-6-12-10-11-7-5-8-13(16(17,18)19)14(11)21-15(12)20-9-4-2/h5,7-8,10H,3-4,6,9H2,1-2H3,(H,20,21). The summed E-state index contributed by atoms with van der Waals surface area (Å²) in [6.07, 6.45) is -1.77. The average molecular weight is 296 g/mol. The molecule has 5 heteroatoms. The number of alkyl halides is 3. The van der Waals surface area contributed by atoms with Gasteiger partial charge in [0.1, 0.15) is 5.82 Å². The average Bonchev–Trinajstić information content (AvgIpc) is 2.43. The number of aromatic nitrogens is 1. The summed E-state index contributed by atoms with van der Waals surface area (Å²) in [7, 11) is 0. The molecule has 0 aliphatic carbocycles. The Morgan fingerprint density at radius 1 is 1.14 bits per heavy atom. The summed E-state index contributed by atoms with van der Waals surface area (Å²) >= 11 is 0. The van der Waals surface area contributed by atoms with Crippen molar-refractivity contribution in [2.45, 2.75) is 39.3 Å². The Bertz CT molecular complexity index is 621. The van der Waals surface area contributed by atoms with Gasteiger partial charge in [-0.15, -0.1) is 0 Å². The Kier molecular flexibility index (Phi) is 4.70. The number of anilines is 1. The van der Waals surface area contributed by atoms with E-state index in [1.807, 2.05) is 19.9 Å². The number of nitrogens with one attached hydrogen (secondary N) is 1. The van der Waals surface area contributed by atoms with E-state index in [0.717, 1.165) is 30.9 Å². The number of aryl methyl sites for hydroxylation is 1. The van der Waals surface area contributed by atoms with Crippen molar-refractivity contribution in [2.24, 2.45) is 0 Å². The molecule has 0 amide bonds. The van der Waals surface area contributed by atoms with E-state index in [1.54, 1.807) is 6.07 Å². The molecule has 0 spiro atoms. The quantitative estimate of drug-likeness (QED) is 0.837. The van der Waals surface area contributed by atoms with E-state index < -0.39 is 11.7 Å². The van der Waals surface area contributed by atoms with Gasteiger partial charge in [-0.25, -0.2) is 4.98 Å². The van der Waals surface area contributed by atoms with E-state index in [-0.39, 0.29) is 5.52 Å². The number of para-hydroxylation sites is 1. The Balaban J connectivity index is 2.61. The Labute approximate surface area is 122 Å². The molecule has 0 aliphatic rings. The van der Waals surface area contributed by atoms with Crippen LogP contribution in [0, 0.1) is 0 Å². The van der Waals surface area contributed by atoms with Crippen molar-refractivity contribution in [3.8, 4) is 0 Å². The van der Waals surface area contributed by atoms with Crippen molar-refractivity contribution < 1.29 is 13.2 Å². The van der Waals surface area contributed by atoms with Gasteiger partial charge in [0, 0.05) is 11.9 Å². The van der Waals surface area contributed by atoms with Gasteiger partial charge in [-0.05, 0) is 30.5 Å². The van der Waals surface area contributed by atoms with Crippen LogP contribution in [-0.4, -0.2) is 11.5 Å². The maximum atomic E-state index is 13.1. The van der Waals surface area contributed by atoms with E-state index in [0.29, 0.717) is 17.7 Å². The zero-order valence-corrected chi connectivity index (χ0v) is 12.2. The van der Waals surface area contributed by atoms with Gasteiger partial charge in [0.05, 0.1) is 11.1 Å². The first kappa shape index (κ1) is 15.6. The van der Waals surface area contributed by atoms with Crippen LogP contribution in [0.5, 0.6) is 0 Å². The number of benzene rings is 1. The fourth-order valence-electron chi connectivity index (χ4n) is 2.33. The van der Waals surface area contributed by atoms with Crippen LogP contribution in [0.1, 0.15) is 37.8 Å². The third kappa shape index (κ3) is 3.46. The van der Waals surface area contributed by atoms with E-state index in [1.165, 1.54) is 6.07 Å². The molecule has 0 saturated carbocycles. The fraction of sp³-hybridized carbons (Fsp3) is 0.438. The molecule has 0 radical (unpaired) electrons. The number of rotatable bonds is 5. The zero-order chi connectivity index (χ0) is 15.5. The van der Waals surface area contributed by atoms with Gasteiger partial charge in [-0.1, -0.05) is 32.4 Å². The van der Waals surface area contributed by atoms with Crippen molar-refractivity contribution >= 4 is 16.7 Å². The third-order valence-corrected chi connectivity index (χ3v) is 3.29. The lowest BCUT2D eigenvalue weighted by atomic mass is 10.0. The lowest BCUT2D eigenvalue weighted by molar-refractivity contribution is -0.136. The zero-order valence-electron chi connectivity index (χ0n) is 12.2. The summed E-state index contributed by atoms with van der Waals surface area (Å²) < 4.78 is 39.3. The molecule has 0 atom stereocenters. The Hall–Kier alpha value is -1.78. The number of fused-ring (bicyclic) bond motifs is 1. The fourth-order valence-corrected chi connectivity index (χ4v) is 2.33. The second-order valence-electron chi connectivity index (χ2n) is 5.05. The predicted molar refractivity (Wildman–Crippen MR) is 79.5 cm³/mol. The monoisotopic (exact) mass is 296 g/mol. The molecule has 1 heterocycles. The minimum atomic E-state index is -4.39. The largest absolute Gasteiger partial charge is 0.418 e. The van der Waals surface area contributed by atoms with Gasteiger partial charge in [-0.3, -0.25) is 0 Å². The van der Waals surface area contributed by atoms with Crippen LogP contribution in [0.2, 0.25) is 0 Å². The molecule has 0 aliphatic heterocycles. The molecule has 1 aromatic heterocycles. The highest BCUT2D eigenvalue weighted by molar-refractivity contribution is 5.85. The first-order valence-electron chi connectivity index (χ1n) is 7.21. The molecule has 0 unspecified atom stereocenters. The van der Waals surface area contributed by atoms with Crippen molar-refractivity contribution in [3.05, 3.63) is 35.4 Å². The summed E-state index contributed by atoms with van der Waals surface area (Å²) in [6, 6.07) is 6.01. The van der Waals surface area contributed by atoms with Crippen LogP contribution < -0.4 is 5.32 Å². The smallest absolute Gasteiger partial charge is 0.370 e. The van der Waals surface area contributed by atoms with Crippen molar-refractivity contribution in [2.75, 3.05) is 11.9 Å². The van der Waals surface area contributed by atoms with Crippen LogP contribution in [0.15, 0.2) is 24.3 Å². The van der Waals surface area contributed by atoms with Gasteiger partial charge >= 0.3 is 6.18 Å². The molecular formula is C16H19F3N2. The van der Waals surface area contributed by atoms with Crippen molar-refractivity contribution in [1.29, 1.82) is 0 Å². The minimum absolute atomic E-state index is 0.0171. The van der Waals surface area contributed by atoms with Crippen LogP contribution >= 0.6 is 0 Å². The van der Waals surface area contributed by atoms with Crippen LogP contribution in [-0.2, 0) is 12.6 Å². The Morgan fingerprint density at radius 2 is 1.90 bits per heavy atom. The summed E-state index contributed by atoms with van der Waals surface area (Å²) in [6.45, 7) is 4.75. The summed E-state index contributed by atoms with van der Waals surface area (Å²) in [5, 5.41) is 3.68. The molecular weight excluding hydrogens is 277 g/mol. The van der Waals surface area contributed by atoms with E-state index in [9.17, 15) is 13.2 Å². The van der Waals surface area contributed by atoms with E-state index in [4.69, 9.17) is 0 Å². The molecule has 1 aromatic carbocycles. The van der Waals surface area contributed by atoms with E-state index >= 15 is 0 Å².